The molecule has 6 aromatic carbocycles. The molecule has 0 fully saturated rings. The van der Waals surface area contributed by atoms with Crippen molar-refractivity contribution >= 4 is 88.7 Å². The monoisotopic (exact) mass is 871 g/mol. The second kappa shape index (κ2) is 13.2. The summed E-state index contributed by atoms with van der Waals surface area (Å²) in [5, 5.41) is 2.69. The topological polar surface area (TPSA) is 6.48 Å². The van der Waals surface area contributed by atoms with Crippen LogP contribution in [0.5, 0.6) is 0 Å². The van der Waals surface area contributed by atoms with Gasteiger partial charge >= 0.3 is 0 Å². The van der Waals surface area contributed by atoms with Crippen LogP contribution in [0.25, 0.3) is 20.2 Å². The molecule has 2 aliphatic heterocycles. The van der Waals surface area contributed by atoms with Gasteiger partial charge in [0, 0.05) is 43.9 Å². The maximum atomic E-state index is 2.72. The van der Waals surface area contributed by atoms with Crippen molar-refractivity contribution < 1.29 is 0 Å². The van der Waals surface area contributed by atoms with Crippen molar-refractivity contribution in [2.45, 2.75) is 161 Å². The average molecular weight is 871 g/mol. The van der Waals surface area contributed by atoms with E-state index in [1.54, 1.807) is 0 Å². The summed E-state index contributed by atoms with van der Waals surface area (Å²) in [5.74, 6) is 0. The zero-order chi connectivity index (χ0) is 45.5. The molecule has 0 atom stereocenters. The Bertz CT molecular complexity index is 3210. The SMILES string of the molecule is Cc1cc2c3c(c1)N(c1cccc4c1sc1ccccc14)c1cc4c(cc1B3c1cc3c(cc1N2c1ccc2c(c1)C(C)(C)CCC2(C)C)C(C)(C)CCC3(C)C)C(C)(C)CCC4(C)C. The third-order valence-corrected chi connectivity index (χ3v) is 19.1. The lowest BCUT2D eigenvalue weighted by Gasteiger charge is -2.49. The van der Waals surface area contributed by atoms with E-state index in [1.807, 2.05) is 11.3 Å². The highest BCUT2D eigenvalue weighted by Gasteiger charge is 2.49. The Morgan fingerprint density at radius 2 is 0.877 bits per heavy atom. The molecule has 330 valence electrons. The van der Waals surface area contributed by atoms with Gasteiger partial charge in [-0.1, -0.05) is 132 Å². The Morgan fingerprint density at radius 1 is 0.415 bits per heavy atom. The molecule has 12 rings (SSSR count). The zero-order valence-corrected chi connectivity index (χ0v) is 42.2. The van der Waals surface area contributed by atoms with Crippen molar-refractivity contribution in [2.24, 2.45) is 0 Å². The predicted molar refractivity (Wildman–Crippen MR) is 284 cm³/mol. The minimum Gasteiger partial charge on any atom is -0.311 e. The van der Waals surface area contributed by atoms with Gasteiger partial charge < -0.3 is 9.80 Å². The summed E-state index contributed by atoms with van der Waals surface area (Å²) in [5.41, 5.74) is 23.2. The van der Waals surface area contributed by atoms with E-state index in [0.717, 1.165) is 0 Å². The highest BCUT2D eigenvalue weighted by molar-refractivity contribution is 7.26. The molecule has 0 saturated heterocycles. The molecule has 65 heavy (non-hydrogen) atoms. The lowest BCUT2D eigenvalue weighted by molar-refractivity contribution is 0.332. The van der Waals surface area contributed by atoms with Gasteiger partial charge in [-0.2, -0.15) is 0 Å². The lowest BCUT2D eigenvalue weighted by Crippen LogP contribution is -2.62. The van der Waals surface area contributed by atoms with Gasteiger partial charge in [-0.05, 0) is 182 Å². The van der Waals surface area contributed by atoms with Gasteiger partial charge in [0.25, 0.3) is 6.71 Å². The van der Waals surface area contributed by atoms with Crippen molar-refractivity contribution in [3.63, 3.8) is 0 Å². The van der Waals surface area contributed by atoms with E-state index in [9.17, 15) is 0 Å². The second-order valence-corrected chi connectivity index (χ2v) is 26.1. The Morgan fingerprint density at radius 3 is 1.45 bits per heavy atom. The van der Waals surface area contributed by atoms with E-state index in [1.165, 1.54) is 148 Å². The van der Waals surface area contributed by atoms with Crippen molar-refractivity contribution in [2.75, 3.05) is 9.80 Å². The van der Waals surface area contributed by atoms with E-state index in [0.29, 0.717) is 0 Å². The average Bonchev–Trinajstić information content (AvgIpc) is 3.64. The number of hydrogen-bond acceptors (Lipinski definition) is 3. The Labute approximate surface area is 393 Å². The summed E-state index contributed by atoms with van der Waals surface area (Å²) < 4.78 is 2.70. The standard InChI is InChI=1S/C61H67BN2S/c1-36-29-51-54-52(30-36)64(48-19-16-18-39-38-17-14-15-20-53(38)65-55(39)48)50-35-45-43(59(8,9)26-28-61(45,12)13)33-47(50)62(54)46-32-42-44(60(10,11)27-25-58(42,6)7)34-49(46)63(51)37-21-22-40-41(31-37)57(4,5)24-23-56(40,2)3/h14-22,29-35H,23-28H2,1-13H3. The van der Waals surface area contributed by atoms with E-state index >= 15 is 0 Å². The summed E-state index contributed by atoms with van der Waals surface area (Å²) in [6, 6.07) is 39.5. The molecule has 0 unspecified atom stereocenters. The van der Waals surface area contributed by atoms with Crippen LogP contribution in [0.2, 0.25) is 0 Å². The van der Waals surface area contributed by atoms with Crippen LogP contribution in [0.3, 0.4) is 0 Å². The normalized spacial score (nSPS) is 21.0. The van der Waals surface area contributed by atoms with E-state index in [4.69, 9.17) is 0 Å². The molecule has 7 aromatic rings. The maximum Gasteiger partial charge on any atom is 0.252 e. The molecule has 0 spiro atoms. The van der Waals surface area contributed by atoms with Gasteiger partial charge in [0.1, 0.15) is 0 Å². The first-order chi connectivity index (χ1) is 30.6. The number of rotatable bonds is 2. The quantitative estimate of drug-likeness (QED) is 0.160. The fourth-order valence-electron chi connectivity index (χ4n) is 13.4. The Hall–Kier alpha value is -4.80. The molecule has 3 heterocycles. The fourth-order valence-corrected chi connectivity index (χ4v) is 14.6. The van der Waals surface area contributed by atoms with Crippen molar-refractivity contribution in [1.82, 2.24) is 0 Å². The summed E-state index contributed by atoms with van der Waals surface area (Å²) in [6.45, 7) is 32.3. The van der Waals surface area contributed by atoms with Gasteiger partial charge in [0.05, 0.1) is 10.4 Å². The molecule has 0 N–H and O–H groups in total. The van der Waals surface area contributed by atoms with Crippen LogP contribution >= 0.6 is 11.3 Å². The number of benzene rings is 6. The van der Waals surface area contributed by atoms with E-state index < -0.39 is 0 Å². The summed E-state index contributed by atoms with van der Waals surface area (Å²) in [7, 11) is 0. The molecule has 1 aromatic heterocycles. The molecule has 0 amide bonds. The molecular formula is C61H67BN2S. The molecule has 4 heteroatoms. The predicted octanol–water partition coefficient (Wildman–Crippen LogP) is 15.5. The van der Waals surface area contributed by atoms with Crippen LogP contribution in [0.1, 0.15) is 161 Å². The number of nitrogens with zero attached hydrogens (tertiary/aromatic N) is 2. The third-order valence-electron chi connectivity index (χ3n) is 17.9. The molecule has 0 saturated carbocycles. The fraction of sp³-hybridized carbons (Fsp3) is 0.410. The highest BCUT2D eigenvalue weighted by Crippen LogP contribution is 2.55. The zero-order valence-electron chi connectivity index (χ0n) is 41.4. The van der Waals surface area contributed by atoms with Crippen molar-refractivity contribution in [1.29, 1.82) is 0 Å². The van der Waals surface area contributed by atoms with E-state index in [-0.39, 0.29) is 39.2 Å². The third kappa shape index (κ3) is 5.84. The molecule has 0 radical (unpaired) electrons. The van der Waals surface area contributed by atoms with Crippen molar-refractivity contribution in [3.8, 4) is 0 Å². The van der Waals surface area contributed by atoms with Crippen LogP contribution < -0.4 is 26.2 Å². The number of thiophene rings is 1. The van der Waals surface area contributed by atoms with Gasteiger partial charge in [0.2, 0.25) is 0 Å². The van der Waals surface area contributed by atoms with Crippen LogP contribution in [-0.2, 0) is 32.5 Å². The first kappa shape index (κ1) is 41.6. The van der Waals surface area contributed by atoms with Crippen LogP contribution in [0, 0.1) is 6.92 Å². The summed E-state index contributed by atoms with van der Waals surface area (Å²) in [6.07, 6.45) is 7.16. The highest BCUT2D eigenvalue weighted by atomic mass is 32.1. The molecule has 2 nitrogen and oxygen atoms in total. The minimum absolute atomic E-state index is 0.0674. The van der Waals surface area contributed by atoms with Gasteiger partial charge in [-0.3, -0.25) is 0 Å². The van der Waals surface area contributed by atoms with Gasteiger partial charge in [-0.15, -0.1) is 11.3 Å². The second-order valence-electron chi connectivity index (χ2n) is 25.0. The molecule has 3 aliphatic carbocycles. The van der Waals surface area contributed by atoms with Crippen LogP contribution in [-0.4, -0.2) is 6.71 Å². The summed E-state index contributed by atoms with van der Waals surface area (Å²) >= 11 is 1.95. The first-order valence-electron chi connectivity index (χ1n) is 24.8. The first-order valence-corrected chi connectivity index (χ1v) is 25.6. The van der Waals surface area contributed by atoms with Crippen LogP contribution in [0.4, 0.5) is 34.1 Å². The number of fused-ring (bicyclic) bond motifs is 10. The molecule has 5 aliphatic rings. The Balaban J connectivity index is 1.23. The van der Waals surface area contributed by atoms with Crippen molar-refractivity contribution in [3.05, 3.63) is 136 Å². The molecule has 0 bridgehead atoms. The smallest absolute Gasteiger partial charge is 0.252 e. The number of anilines is 6. The summed E-state index contributed by atoms with van der Waals surface area (Å²) in [4.78, 5) is 5.45. The van der Waals surface area contributed by atoms with Gasteiger partial charge in [0.15, 0.2) is 0 Å². The van der Waals surface area contributed by atoms with Crippen LogP contribution in [0.15, 0.2) is 97.1 Å². The largest absolute Gasteiger partial charge is 0.311 e. The Kier molecular flexibility index (Phi) is 8.46. The lowest BCUT2D eigenvalue weighted by atomic mass is 9.32. The minimum atomic E-state index is 0.0674. The number of aryl methyl sites for hydroxylation is 1. The molecular weight excluding hydrogens is 804 g/mol. The number of hydrogen-bond donors (Lipinski definition) is 0. The van der Waals surface area contributed by atoms with Gasteiger partial charge in [-0.25, -0.2) is 0 Å². The van der Waals surface area contributed by atoms with E-state index in [2.05, 4.69) is 197 Å². The maximum absolute atomic E-state index is 2.72.